The lowest BCUT2D eigenvalue weighted by Crippen LogP contribution is -2.56. The lowest BCUT2D eigenvalue weighted by atomic mass is 9.83. The SMILES string of the molecule is CC(C)(C)OC(=O)NC(C(=O)N1CCCC1C(=O)NCc1ccc(/C(N)=N/O)cc1)C1CCCCC1. The van der Waals surface area contributed by atoms with E-state index in [1.165, 1.54) is 0 Å². The number of amidine groups is 1. The van der Waals surface area contributed by atoms with Gasteiger partial charge in [0.25, 0.3) is 0 Å². The molecule has 2 unspecified atom stereocenters. The maximum Gasteiger partial charge on any atom is 0.408 e. The molecule has 1 saturated heterocycles. The van der Waals surface area contributed by atoms with Gasteiger partial charge in [0.05, 0.1) is 0 Å². The number of likely N-dealkylation sites (tertiary alicyclic amines) is 1. The normalized spacial score (nSPS) is 20.0. The van der Waals surface area contributed by atoms with Gasteiger partial charge in [0.15, 0.2) is 5.84 Å². The van der Waals surface area contributed by atoms with Crippen LogP contribution in [0, 0.1) is 5.92 Å². The van der Waals surface area contributed by atoms with Crippen molar-refractivity contribution in [3.8, 4) is 0 Å². The highest BCUT2D eigenvalue weighted by atomic mass is 16.6. The van der Waals surface area contributed by atoms with E-state index in [0.29, 0.717) is 18.5 Å². The largest absolute Gasteiger partial charge is 0.444 e. The summed E-state index contributed by atoms with van der Waals surface area (Å²) in [4.78, 5) is 41.0. The Labute approximate surface area is 212 Å². The zero-order chi connectivity index (χ0) is 26.3. The van der Waals surface area contributed by atoms with Crippen molar-refractivity contribution >= 4 is 23.7 Å². The number of alkyl carbamates (subject to hydrolysis) is 1. The van der Waals surface area contributed by atoms with Crippen LogP contribution in [0.25, 0.3) is 0 Å². The minimum atomic E-state index is -0.709. The van der Waals surface area contributed by atoms with Gasteiger partial charge in [0.1, 0.15) is 17.7 Å². The van der Waals surface area contributed by atoms with E-state index in [2.05, 4.69) is 15.8 Å². The molecule has 1 saturated carbocycles. The summed E-state index contributed by atoms with van der Waals surface area (Å²) in [7, 11) is 0. The number of carbonyl (C=O) groups excluding carboxylic acids is 3. The standard InChI is InChI=1S/C26H39N5O5/c1-26(2,3)36-25(34)29-21(18-8-5-4-6-9-18)24(33)31-15-7-10-20(31)23(32)28-16-17-11-13-19(14-12-17)22(27)30-35/h11-14,18,20-21,35H,4-10,15-16H2,1-3H3,(H2,27,30)(H,28,32)(H,29,34). The van der Waals surface area contributed by atoms with E-state index in [-0.39, 0.29) is 30.1 Å². The van der Waals surface area contributed by atoms with Gasteiger partial charge in [-0.05, 0) is 57.9 Å². The van der Waals surface area contributed by atoms with Gasteiger partial charge in [-0.1, -0.05) is 48.7 Å². The summed E-state index contributed by atoms with van der Waals surface area (Å²) in [5.74, 6) is -0.399. The summed E-state index contributed by atoms with van der Waals surface area (Å²) in [5, 5.41) is 17.5. The molecule has 10 heteroatoms. The first-order valence-electron chi connectivity index (χ1n) is 12.7. The van der Waals surface area contributed by atoms with E-state index >= 15 is 0 Å². The third-order valence-electron chi connectivity index (χ3n) is 6.72. The number of hydrogen-bond donors (Lipinski definition) is 4. The minimum absolute atomic E-state index is 0.0122. The third-order valence-corrected chi connectivity index (χ3v) is 6.72. The average Bonchev–Trinajstić information content (AvgIpc) is 3.35. The first kappa shape index (κ1) is 27.3. The Kier molecular flexibility index (Phi) is 9.17. The first-order chi connectivity index (χ1) is 17.1. The molecule has 36 heavy (non-hydrogen) atoms. The molecule has 1 aromatic carbocycles. The van der Waals surface area contributed by atoms with Crippen LogP contribution < -0.4 is 16.4 Å². The monoisotopic (exact) mass is 501 g/mol. The van der Waals surface area contributed by atoms with Crippen molar-refractivity contribution in [3.05, 3.63) is 35.4 Å². The molecule has 1 aromatic rings. The van der Waals surface area contributed by atoms with E-state index in [1.54, 1.807) is 49.9 Å². The smallest absolute Gasteiger partial charge is 0.408 e. The van der Waals surface area contributed by atoms with Gasteiger partial charge < -0.3 is 31.2 Å². The fourth-order valence-electron chi connectivity index (χ4n) is 4.92. The average molecular weight is 502 g/mol. The topological polar surface area (TPSA) is 146 Å². The predicted molar refractivity (Wildman–Crippen MR) is 135 cm³/mol. The zero-order valence-corrected chi connectivity index (χ0v) is 21.5. The van der Waals surface area contributed by atoms with Crippen LogP contribution in [-0.4, -0.2) is 58.1 Å². The van der Waals surface area contributed by atoms with E-state index < -0.39 is 23.8 Å². The molecule has 3 rings (SSSR count). The van der Waals surface area contributed by atoms with Gasteiger partial charge >= 0.3 is 6.09 Å². The van der Waals surface area contributed by atoms with Crippen LogP contribution in [0.1, 0.15) is 76.8 Å². The fourth-order valence-corrected chi connectivity index (χ4v) is 4.92. The molecule has 1 aliphatic carbocycles. The van der Waals surface area contributed by atoms with E-state index in [1.807, 2.05) is 0 Å². The van der Waals surface area contributed by atoms with E-state index in [0.717, 1.165) is 44.1 Å². The summed E-state index contributed by atoms with van der Waals surface area (Å²) in [6.07, 6.45) is 5.56. The van der Waals surface area contributed by atoms with Crippen molar-refractivity contribution in [2.75, 3.05) is 6.54 Å². The Morgan fingerprint density at radius 1 is 1.11 bits per heavy atom. The van der Waals surface area contributed by atoms with Crippen LogP contribution in [0.2, 0.25) is 0 Å². The number of nitrogens with zero attached hydrogens (tertiary/aromatic N) is 2. The molecule has 2 atom stereocenters. The molecule has 0 radical (unpaired) electrons. The number of hydrogen-bond acceptors (Lipinski definition) is 6. The predicted octanol–water partition coefficient (Wildman–Crippen LogP) is 2.86. The van der Waals surface area contributed by atoms with E-state index in [4.69, 9.17) is 15.7 Å². The highest BCUT2D eigenvalue weighted by Gasteiger charge is 2.41. The Balaban J connectivity index is 1.66. The number of oxime groups is 1. The number of carbonyl (C=O) groups is 3. The van der Waals surface area contributed by atoms with Crippen molar-refractivity contribution in [1.29, 1.82) is 0 Å². The second-order valence-corrected chi connectivity index (χ2v) is 10.6. The summed E-state index contributed by atoms with van der Waals surface area (Å²) in [6, 6.07) is 5.70. The molecule has 2 aliphatic rings. The highest BCUT2D eigenvalue weighted by Crippen LogP contribution is 2.29. The Morgan fingerprint density at radius 2 is 1.78 bits per heavy atom. The summed E-state index contributed by atoms with van der Waals surface area (Å²) in [6.45, 7) is 6.12. The number of rotatable bonds is 7. The minimum Gasteiger partial charge on any atom is -0.444 e. The van der Waals surface area contributed by atoms with Gasteiger partial charge in [0.2, 0.25) is 11.8 Å². The van der Waals surface area contributed by atoms with E-state index in [9.17, 15) is 14.4 Å². The third kappa shape index (κ3) is 7.35. The lowest BCUT2D eigenvalue weighted by Gasteiger charge is -2.35. The Bertz CT molecular complexity index is 950. The molecule has 3 amide bonds. The van der Waals surface area contributed by atoms with Crippen molar-refractivity contribution in [2.24, 2.45) is 16.8 Å². The molecule has 5 N–H and O–H groups in total. The van der Waals surface area contributed by atoms with Gasteiger partial charge in [-0.3, -0.25) is 9.59 Å². The van der Waals surface area contributed by atoms with Crippen LogP contribution in [0.5, 0.6) is 0 Å². The van der Waals surface area contributed by atoms with Crippen LogP contribution in [-0.2, 0) is 20.9 Å². The van der Waals surface area contributed by atoms with Crippen LogP contribution >= 0.6 is 0 Å². The lowest BCUT2D eigenvalue weighted by molar-refractivity contribution is -0.141. The number of ether oxygens (including phenoxy) is 1. The summed E-state index contributed by atoms with van der Waals surface area (Å²) >= 11 is 0. The summed E-state index contributed by atoms with van der Waals surface area (Å²) in [5.41, 5.74) is 6.34. The zero-order valence-electron chi connectivity index (χ0n) is 21.5. The summed E-state index contributed by atoms with van der Waals surface area (Å²) < 4.78 is 5.43. The van der Waals surface area contributed by atoms with Crippen molar-refractivity contribution < 1.29 is 24.3 Å². The van der Waals surface area contributed by atoms with Crippen molar-refractivity contribution in [2.45, 2.75) is 89.9 Å². The van der Waals surface area contributed by atoms with Crippen molar-refractivity contribution in [3.63, 3.8) is 0 Å². The molecule has 198 valence electrons. The van der Waals surface area contributed by atoms with Gasteiger partial charge in [-0.2, -0.15) is 0 Å². The quantitative estimate of drug-likeness (QED) is 0.196. The molecular formula is C26H39N5O5. The maximum atomic E-state index is 13.7. The molecule has 10 nitrogen and oxygen atoms in total. The van der Waals surface area contributed by atoms with Gasteiger partial charge in [0, 0.05) is 18.7 Å². The molecule has 0 bridgehead atoms. The molecular weight excluding hydrogens is 462 g/mol. The second-order valence-electron chi connectivity index (χ2n) is 10.6. The fraction of sp³-hybridized carbons (Fsp3) is 0.615. The Hall–Kier alpha value is -3.30. The number of nitrogens with one attached hydrogen (secondary N) is 2. The molecule has 1 heterocycles. The number of amides is 3. The second kappa shape index (κ2) is 12.1. The number of nitrogens with two attached hydrogens (primary N) is 1. The molecule has 0 spiro atoms. The van der Waals surface area contributed by atoms with Crippen LogP contribution in [0.3, 0.4) is 0 Å². The molecule has 0 aromatic heterocycles. The van der Waals surface area contributed by atoms with Crippen LogP contribution in [0.15, 0.2) is 29.4 Å². The first-order valence-corrected chi connectivity index (χ1v) is 12.7. The van der Waals surface area contributed by atoms with Crippen LogP contribution in [0.4, 0.5) is 4.79 Å². The highest BCUT2D eigenvalue weighted by molar-refractivity contribution is 5.97. The molecule has 1 aliphatic heterocycles. The van der Waals surface area contributed by atoms with Gasteiger partial charge in [-0.25, -0.2) is 4.79 Å². The van der Waals surface area contributed by atoms with Gasteiger partial charge in [-0.15, -0.1) is 0 Å². The number of benzene rings is 1. The molecule has 2 fully saturated rings. The van der Waals surface area contributed by atoms with Crippen molar-refractivity contribution in [1.82, 2.24) is 15.5 Å². The Morgan fingerprint density at radius 3 is 2.39 bits per heavy atom. The maximum absolute atomic E-state index is 13.7.